The molecule has 2 aromatic rings. The number of fused-ring (bicyclic) bond motifs is 1. The van der Waals surface area contributed by atoms with Crippen LogP contribution in [0, 0.1) is 5.92 Å². The van der Waals surface area contributed by atoms with E-state index < -0.39 is 10.0 Å². The highest BCUT2D eigenvalue weighted by molar-refractivity contribution is 7.89. The van der Waals surface area contributed by atoms with Gasteiger partial charge in [0.2, 0.25) is 15.9 Å². The van der Waals surface area contributed by atoms with Crippen molar-refractivity contribution in [3.05, 3.63) is 24.0 Å². The lowest BCUT2D eigenvalue weighted by Crippen LogP contribution is -2.40. The fourth-order valence-corrected chi connectivity index (χ4v) is 5.88. The smallest absolute Gasteiger partial charge is 0.243 e. The molecule has 0 bridgehead atoms. The number of benzene rings is 1. The lowest BCUT2D eigenvalue weighted by atomic mass is 10.1. The molecule has 1 aliphatic heterocycles. The summed E-state index contributed by atoms with van der Waals surface area (Å²) in [5.41, 5.74) is 1.56. The van der Waals surface area contributed by atoms with Gasteiger partial charge in [0.1, 0.15) is 5.82 Å². The van der Waals surface area contributed by atoms with Crippen molar-refractivity contribution in [2.75, 3.05) is 32.8 Å². The molecule has 33 heavy (non-hydrogen) atoms. The molecule has 0 N–H and O–H groups in total. The van der Waals surface area contributed by atoms with Crippen LogP contribution in [0.1, 0.15) is 52.3 Å². The minimum absolute atomic E-state index is 0.198. The Morgan fingerprint density at radius 2 is 1.97 bits per heavy atom. The largest absolute Gasteiger partial charge is 0.379 e. The standard InChI is InChI=1S/C24H36N4O4S/c1-4-27-22-8-7-20(33(30,31)26-13-15-32-16-14-26)17-21(22)25-23(27)9-10-24(29)28(19-5-6-19)12-11-18(2)3/h7-8,17-19H,4-6,9-16H2,1-3H3. The van der Waals surface area contributed by atoms with E-state index in [9.17, 15) is 13.2 Å². The predicted octanol–water partition coefficient (Wildman–Crippen LogP) is 3.05. The van der Waals surface area contributed by atoms with Crippen LogP contribution in [-0.4, -0.2) is 72.0 Å². The molecule has 182 valence electrons. The van der Waals surface area contributed by atoms with Gasteiger partial charge in [-0.15, -0.1) is 0 Å². The van der Waals surface area contributed by atoms with Crippen LogP contribution in [0.3, 0.4) is 0 Å². The average molecular weight is 477 g/mol. The lowest BCUT2D eigenvalue weighted by Gasteiger charge is -2.26. The van der Waals surface area contributed by atoms with Gasteiger partial charge in [0.05, 0.1) is 29.1 Å². The number of carbonyl (C=O) groups is 1. The lowest BCUT2D eigenvalue weighted by molar-refractivity contribution is -0.131. The number of rotatable bonds is 10. The van der Waals surface area contributed by atoms with Gasteiger partial charge in [-0.25, -0.2) is 13.4 Å². The van der Waals surface area contributed by atoms with E-state index >= 15 is 0 Å². The number of nitrogens with zero attached hydrogens (tertiary/aromatic N) is 4. The summed E-state index contributed by atoms with van der Waals surface area (Å²) in [5, 5.41) is 0. The molecule has 8 nitrogen and oxygen atoms in total. The van der Waals surface area contributed by atoms with E-state index in [1.165, 1.54) is 4.31 Å². The fourth-order valence-electron chi connectivity index (χ4n) is 4.46. The topological polar surface area (TPSA) is 84.7 Å². The molecule has 0 atom stereocenters. The van der Waals surface area contributed by atoms with Crippen molar-refractivity contribution in [3.8, 4) is 0 Å². The van der Waals surface area contributed by atoms with Gasteiger partial charge in [0.15, 0.2) is 0 Å². The maximum absolute atomic E-state index is 13.0. The number of amides is 1. The summed E-state index contributed by atoms with van der Waals surface area (Å²) in [6.07, 6.45) is 4.22. The van der Waals surface area contributed by atoms with E-state index in [0.29, 0.717) is 56.6 Å². The van der Waals surface area contributed by atoms with Crippen LogP contribution in [0.15, 0.2) is 23.1 Å². The zero-order chi connectivity index (χ0) is 23.6. The van der Waals surface area contributed by atoms with Gasteiger partial charge in [-0.1, -0.05) is 13.8 Å². The number of sulfonamides is 1. The van der Waals surface area contributed by atoms with Gasteiger partial charge >= 0.3 is 0 Å². The van der Waals surface area contributed by atoms with E-state index in [0.717, 1.165) is 43.7 Å². The van der Waals surface area contributed by atoms with Crippen LogP contribution in [-0.2, 0) is 32.5 Å². The SMILES string of the molecule is CCn1c(CCC(=O)N(CCC(C)C)C2CC2)nc2cc(S(=O)(=O)N3CCOCC3)ccc21. The summed E-state index contributed by atoms with van der Waals surface area (Å²) >= 11 is 0. The molecule has 9 heteroatoms. The summed E-state index contributed by atoms with van der Waals surface area (Å²) in [7, 11) is -3.57. The first-order valence-corrected chi connectivity index (χ1v) is 13.6. The van der Waals surface area contributed by atoms with Gasteiger partial charge in [0.25, 0.3) is 0 Å². The Hall–Kier alpha value is -1.97. The van der Waals surface area contributed by atoms with Crippen molar-refractivity contribution in [1.29, 1.82) is 0 Å². The molecular weight excluding hydrogens is 440 g/mol. The van der Waals surface area contributed by atoms with E-state index in [1.54, 1.807) is 12.1 Å². The molecule has 4 rings (SSSR count). The Balaban J connectivity index is 1.51. The third-order valence-electron chi connectivity index (χ3n) is 6.54. The molecule has 1 aromatic carbocycles. The molecule has 2 fully saturated rings. The highest BCUT2D eigenvalue weighted by atomic mass is 32.2. The maximum Gasteiger partial charge on any atom is 0.243 e. The number of aromatic nitrogens is 2. The third-order valence-corrected chi connectivity index (χ3v) is 8.44. The van der Waals surface area contributed by atoms with E-state index in [4.69, 9.17) is 9.72 Å². The molecule has 0 radical (unpaired) electrons. The summed E-state index contributed by atoms with van der Waals surface area (Å²) in [4.78, 5) is 20.1. The Labute approximate surface area is 196 Å². The van der Waals surface area contributed by atoms with E-state index in [1.807, 2.05) is 13.0 Å². The Morgan fingerprint density at radius 1 is 1.24 bits per heavy atom. The minimum atomic E-state index is -3.57. The zero-order valence-electron chi connectivity index (χ0n) is 20.0. The maximum atomic E-state index is 13.0. The monoisotopic (exact) mass is 476 g/mol. The van der Waals surface area contributed by atoms with Gasteiger partial charge in [-0.3, -0.25) is 4.79 Å². The van der Waals surface area contributed by atoms with Crippen LogP contribution in [0.2, 0.25) is 0 Å². The normalized spacial score (nSPS) is 17.7. The van der Waals surface area contributed by atoms with Crippen molar-refractivity contribution in [3.63, 3.8) is 0 Å². The van der Waals surface area contributed by atoms with Gasteiger partial charge < -0.3 is 14.2 Å². The Morgan fingerprint density at radius 3 is 2.61 bits per heavy atom. The first-order chi connectivity index (χ1) is 15.8. The summed E-state index contributed by atoms with van der Waals surface area (Å²) in [5.74, 6) is 1.61. The first-order valence-electron chi connectivity index (χ1n) is 12.2. The van der Waals surface area contributed by atoms with Crippen molar-refractivity contribution in [2.45, 2.75) is 70.4 Å². The highest BCUT2D eigenvalue weighted by Crippen LogP contribution is 2.29. The molecule has 1 saturated heterocycles. The van der Waals surface area contributed by atoms with Crippen molar-refractivity contribution >= 4 is 27.0 Å². The molecule has 1 amide bonds. The number of hydrogen-bond donors (Lipinski definition) is 0. The van der Waals surface area contributed by atoms with Crippen molar-refractivity contribution in [1.82, 2.24) is 18.8 Å². The van der Waals surface area contributed by atoms with Gasteiger partial charge in [0, 0.05) is 45.1 Å². The molecule has 0 unspecified atom stereocenters. The van der Waals surface area contributed by atoms with Gasteiger partial charge in [-0.05, 0) is 50.3 Å². The molecule has 1 saturated carbocycles. The van der Waals surface area contributed by atoms with Crippen LogP contribution in [0.5, 0.6) is 0 Å². The van der Waals surface area contributed by atoms with Crippen LogP contribution < -0.4 is 0 Å². The Bertz CT molecular complexity index is 1090. The fraction of sp³-hybridized carbons (Fsp3) is 0.667. The second-order valence-corrected chi connectivity index (χ2v) is 11.4. The van der Waals surface area contributed by atoms with Crippen LogP contribution in [0.25, 0.3) is 11.0 Å². The van der Waals surface area contributed by atoms with Crippen LogP contribution in [0.4, 0.5) is 0 Å². The molecule has 2 aliphatic rings. The molecule has 2 heterocycles. The molecular formula is C24H36N4O4S. The minimum Gasteiger partial charge on any atom is -0.379 e. The number of hydrogen-bond acceptors (Lipinski definition) is 5. The van der Waals surface area contributed by atoms with Gasteiger partial charge in [-0.2, -0.15) is 4.31 Å². The quantitative estimate of drug-likeness (QED) is 0.526. The zero-order valence-corrected chi connectivity index (χ0v) is 20.8. The number of carbonyl (C=O) groups excluding carboxylic acids is 1. The highest BCUT2D eigenvalue weighted by Gasteiger charge is 2.32. The second kappa shape index (κ2) is 10.1. The van der Waals surface area contributed by atoms with Crippen molar-refractivity contribution < 1.29 is 17.9 Å². The number of ether oxygens (including phenoxy) is 1. The number of imidazole rings is 1. The van der Waals surface area contributed by atoms with Crippen molar-refractivity contribution in [2.24, 2.45) is 5.92 Å². The predicted molar refractivity (Wildman–Crippen MR) is 127 cm³/mol. The molecule has 0 spiro atoms. The number of aryl methyl sites for hydroxylation is 2. The summed E-state index contributed by atoms with van der Waals surface area (Å²) in [6.45, 7) is 9.53. The van der Waals surface area contributed by atoms with E-state index in [-0.39, 0.29) is 10.8 Å². The average Bonchev–Trinajstić information content (AvgIpc) is 3.57. The summed E-state index contributed by atoms with van der Waals surface area (Å²) in [6, 6.07) is 5.57. The molecule has 1 aromatic heterocycles. The number of morpholine rings is 1. The third kappa shape index (κ3) is 5.41. The first kappa shape index (κ1) is 24.2. The summed E-state index contributed by atoms with van der Waals surface area (Å²) < 4.78 is 34.9. The molecule has 1 aliphatic carbocycles. The van der Waals surface area contributed by atoms with E-state index in [2.05, 4.69) is 23.3 Å². The Kier molecular flexibility index (Phi) is 7.40. The van der Waals surface area contributed by atoms with Crippen LogP contribution >= 0.6 is 0 Å². The second-order valence-electron chi connectivity index (χ2n) is 9.44.